The first kappa shape index (κ1) is 21.4. The molecule has 0 atom stereocenters. The van der Waals surface area contributed by atoms with Gasteiger partial charge in [-0.3, -0.25) is 9.89 Å². The number of aliphatic imine (C=N–C) groups is 1. The number of guanidine groups is 1. The zero-order valence-corrected chi connectivity index (χ0v) is 18.0. The lowest BCUT2D eigenvalue weighted by Gasteiger charge is -2.33. The second kappa shape index (κ2) is 11.1. The standard InChI is InChI=1S/C21H30Cl2N4O/c1-24-21(25-9-4-16-7-12-28-13-8-16)26-18-5-10-27(11-6-18)15-17-2-3-19(22)20(23)14-17/h2-3,7,14,18H,4-6,8-13,15H2,1H3,(H2,24,25,26). The number of nitrogens with zero attached hydrogens (tertiary/aromatic N) is 2. The van der Waals surface area contributed by atoms with Crippen molar-refractivity contribution in [2.24, 2.45) is 4.99 Å². The number of benzene rings is 1. The molecule has 2 aliphatic rings. The van der Waals surface area contributed by atoms with Gasteiger partial charge in [-0.1, -0.05) is 40.9 Å². The lowest BCUT2D eigenvalue weighted by Crippen LogP contribution is -2.48. The Balaban J connectivity index is 1.37. The number of likely N-dealkylation sites (tertiary alicyclic amines) is 1. The van der Waals surface area contributed by atoms with Crippen LogP contribution >= 0.6 is 23.2 Å². The van der Waals surface area contributed by atoms with Gasteiger partial charge < -0.3 is 15.4 Å². The molecule has 0 spiro atoms. The van der Waals surface area contributed by atoms with Crippen molar-refractivity contribution in [2.75, 3.05) is 39.9 Å². The van der Waals surface area contributed by atoms with Gasteiger partial charge in [0.2, 0.25) is 0 Å². The van der Waals surface area contributed by atoms with E-state index in [-0.39, 0.29) is 0 Å². The second-order valence-electron chi connectivity index (χ2n) is 7.38. The Hall–Kier alpha value is -1.27. The van der Waals surface area contributed by atoms with Crippen molar-refractivity contribution < 1.29 is 4.74 Å². The first-order valence-corrected chi connectivity index (χ1v) is 10.8. The molecular formula is C21H30Cl2N4O. The fourth-order valence-corrected chi connectivity index (χ4v) is 3.97. The molecule has 1 aromatic carbocycles. The first-order valence-electron chi connectivity index (χ1n) is 10.0. The van der Waals surface area contributed by atoms with Crippen LogP contribution in [0.2, 0.25) is 10.0 Å². The van der Waals surface area contributed by atoms with E-state index >= 15 is 0 Å². The van der Waals surface area contributed by atoms with Gasteiger partial charge in [-0.2, -0.15) is 0 Å². The number of rotatable bonds is 6. The van der Waals surface area contributed by atoms with Gasteiger partial charge in [0.05, 0.1) is 23.3 Å². The lowest BCUT2D eigenvalue weighted by molar-refractivity contribution is 0.153. The highest BCUT2D eigenvalue weighted by molar-refractivity contribution is 6.42. The predicted octanol–water partition coefficient (Wildman–Crippen LogP) is 3.86. The van der Waals surface area contributed by atoms with Crippen LogP contribution in [0.5, 0.6) is 0 Å². The summed E-state index contributed by atoms with van der Waals surface area (Å²) in [7, 11) is 1.84. The van der Waals surface area contributed by atoms with E-state index in [2.05, 4.69) is 32.7 Å². The molecule has 0 radical (unpaired) electrons. The van der Waals surface area contributed by atoms with Crippen LogP contribution in [0.25, 0.3) is 0 Å². The summed E-state index contributed by atoms with van der Waals surface area (Å²) in [4.78, 5) is 6.84. The fourth-order valence-electron chi connectivity index (χ4n) is 3.65. The molecule has 28 heavy (non-hydrogen) atoms. The average molecular weight is 425 g/mol. The number of halogens is 2. The minimum absolute atomic E-state index is 0.457. The van der Waals surface area contributed by atoms with Gasteiger partial charge in [0.15, 0.2) is 5.96 Å². The maximum atomic E-state index is 6.13. The fraction of sp³-hybridized carbons (Fsp3) is 0.571. The summed E-state index contributed by atoms with van der Waals surface area (Å²) in [5.74, 6) is 0.899. The zero-order chi connectivity index (χ0) is 19.8. The largest absolute Gasteiger partial charge is 0.377 e. The molecule has 1 fully saturated rings. The normalized spacial score (nSPS) is 19.4. The van der Waals surface area contributed by atoms with Crippen LogP contribution in [-0.4, -0.2) is 56.8 Å². The van der Waals surface area contributed by atoms with E-state index in [4.69, 9.17) is 27.9 Å². The van der Waals surface area contributed by atoms with Gasteiger partial charge in [-0.05, 0) is 43.4 Å². The Morgan fingerprint density at radius 1 is 1.25 bits per heavy atom. The number of ether oxygens (including phenoxy) is 1. The van der Waals surface area contributed by atoms with Crippen LogP contribution in [0, 0.1) is 0 Å². The molecule has 7 heteroatoms. The summed E-state index contributed by atoms with van der Waals surface area (Å²) in [6, 6.07) is 6.35. The van der Waals surface area contributed by atoms with E-state index in [0.717, 1.165) is 71.0 Å². The molecule has 1 saturated heterocycles. The van der Waals surface area contributed by atoms with Crippen molar-refractivity contribution in [2.45, 2.75) is 38.3 Å². The quantitative estimate of drug-likeness (QED) is 0.413. The zero-order valence-electron chi connectivity index (χ0n) is 16.5. The van der Waals surface area contributed by atoms with Gasteiger partial charge >= 0.3 is 0 Å². The monoisotopic (exact) mass is 424 g/mol. The van der Waals surface area contributed by atoms with Crippen molar-refractivity contribution >= 4 is 29.2 Å². The van der Waals surface area contributed by atoms with Gasteiger partial charge in [-0.25, -0.2) is 0 Å². The SMILES string of the molecule is CN=C(NCCC1=CCOCC1)NC1CCN(Cc2ccc(Cl)c(Cl)c2)CC1. The summed E-state index contributed by atoms with van der Waals surface area (Å²) in [5.41, 5.74) is 2.69. The van der Waals surface area contributed by atoms with Crippen molar-refractivity contribution in [3.63, 3.8) is 0 Å². The van der Waals surface area contributed by atoms with Crippen molar-refractivity contribution in [1.82, 2.24) is 15.5 Å². The van der Waals surface area contributed by atoms with E-state index < -0.39 is 0 Å². The Bertz CT molecular complexity index is 700. The number of piperidine rings is 1. The lowest BCUT2D eigenvalue weighted by atomic mass is 10.0. The molecule has 0 unspecified atom stereocenters. The second-order valence-corrected chi connectivity index (χ2v) is 8.19. The van der Waals surface area contributed by atoms with Crippen molar-refractivity contribution in [1.29, 1.82) is 0 Å². The Morgan fingerprint density at radius 3 is 2.75 bits per heavy atom. The van der Waals surface area contributed by atoms with Crippen molar-refractivity contribution in [3.05, 3.63) is 45.5 Å². The minimum atomic E-state index is 0.457. The molecule has 3 rings (SSSR count). The van der Waals surface area contributed by atoms with Crippen LogP contribution in [-0.2, 0) is 11.3 Å². The summed E-state index contributed by atoms with van der Waals surface area (Å²) in [6.45, 7) is 5.53. The molecule has 0 aliphatic carbocycles. The molecular weight excluding hydrogens is 395 g/mol. The van der Waals surface area contributed by atoms with Crippen LogP contribution in [0.1, 0.15) is 31.2 Å². The number of nitrogens with one attached hydrogen (secondary N) is 2. The maximum absolute atomic E-state index is 6.13. The summed E-state index contributed by atoms with van der Waals surface area (Å²) in [5, 5.41) is 8.26. The summed E-state index contributed by atoms with van der Waals surface area (Å²) >= 11 is 12.1. The van der Waals surface area contributed by atoms with Crippen LogP contribution in [0.3, 0.4) is 0 Å². The molecule has 2 aliphatic heterocycles. The van der Waals surface area contributed by atoms with E-state index in [1.807, 2.05) is 19.2 Å². The third-order valence-corrected chi connectivity index (χ3v) is 6.08. The Labute approximate surface area is 178 Å². The van der Waals surface area contributed by atoms with Gasteiger partial charge in [0.1, 0.15) is 0 Å². The number of hydrogen-bond acceptors (Lipinski definition) is 3. The number of hydrogen-bond donors (Lipinski definition) is 2. The molecule has 0 saturated carbocycles. The van der Waals surface area contributed by atoms with E-state index in [9.17, 15) is 0 Å². The smallest absolute Gasteiger partial charge is 0.191 e. The molecule has 2 N–H and O–H groups in total. The summed E-state index contributed by atoms with van der Waals surface area (Å²) in [6.07, 6.45) is 6.50. The first-order chi connectivity index (χ1) is 13.6. The molecule has 0 bridgehead atoms. The maximum Gasteiger partial charge on any atom is 0.191 e. The van der Waals surface area contributed by atoms with Gasteiger partial charge in [0.25, 0.3) is 0 Å². The van der Waals surface area contributed by atoms with Crippen molar-refractivity contribution in [3.8, 4) is 0 Å². The minimum Gasteiger partial charge on any atom is -0.377 e. The molecule has 0 amide bonds. The Morgan fingerprint density at radius 2 is 2.07 bits per heavy atom. The molecule has 154 valence electrons. The van der Waals surface area contributed by atoms with E-state index in [1.54, 1.807) is 0 Å². The third kappa shape index (κ3) is 6.66. The van der Waals surface area contributed by atoms with E-state index in [0.29, 0.717) is 16.1 Å². The highest BCUT2D eigenvalue weighted by atomic mass is 35.5. The van der Waals surface area contributed by atoms with Crippen LogP contribution < -0.4 is 10.6 Å². The van der Waals surface area contributed by atoms with Gasteiger partial charge in [0, 0.05) is 39.3 Å². The molecule has 5 nitrogen and oxygen atoms in total. The Kier molecular flexibility index (Phi) is 8.46. The van der Waals surface area contributed by atoms with E-state index in [1.165, 1.54) is 11.1 Å². The molecule has 2 heterocycles. The third-order valence-electron chi connectivity index (χ3n) is 5.34. The molecule has 0 aromatic heterocycles. The highest BCUT2D eigenvalue weighted by Gasteiger charge is 2.20. The summed E-state index contributed by atoms with van der Waals surface area (Å²) < 4.78 is 5.36. The average Bonchev–Trinajstić information content (AvgIpc) is 2.72. The molecule has 1 aromatic rings. The van der Waals surface area contributed by atoms with Crippen LogP contribution in [0.4, 0.5) is 0 Å². The predicted molar refractivity (Wildman–Crippen MR) is 117 cm³/mol. The van der Waals surface area contributed by atoms with Crippen LogP contribution in [0.15, 0.2) is 34.8 Å². The highest BCUT2D eigenvalue weighted by Crippen LogP contribution is 2.24. The topological polar surface area (TPSA) is 48.9 Å². The van der Waals surface area contributed by atoms with Gasteiger partial charge in [-0.15, -0.1) is 0 Å².